The van der Waals surface area contributed by atoms with Crippen molar-refractivity contribution in [2.45, 2.75) is 20.8 Å². The second-order valence-corrected chi connectivity index (χ2v) is 6.04. The van der Waals surface area contributed by atoms with E-state index in [0.717, 1.165) is 5.69 Å². The van der Waals surface area contributed by atoms with E-state index in [4.69, 9.17) is 0 Å². The smallest absolute Gasteiger partial charge is 0.239 e. The van der Waals surface area contributed by atoms with Crippen molar-refractivity contribution in [2.75, 3.05) is 31.6 Å². The molecule has 0 fully saturated rings. The van der Waals surface area contributed by atoms with Crippen molar-refractivity contribution < 1.29 is 9.59 Å². The molecule has 0 radical (unpaired) electrons. The molecule has 2 amide bonds. The normalized spacial score (nSPS) is 10.9. The summed E-state index contributed by atoms with van der Waals surface area (Å²) in [4.78, 5) is 25.3. The second-order valence-electron chi connectivity index (χ2n) is 6.04. The highest BCUT2D eigenvalue weighted by molar-refractivity contribution is 5.87. The van der Waals surface area contributed by atoms with Gasteiger partial charge in [0.2, 0.25) is 11.8 Å². The topological polar surface area (TPSA) is 61.4 Å². The highest BCUT2D eigenvalue weighted by Gasteiger charge is 2.21. The number of carbonyl (C=O) groups excluding carboxylic acids is 2. The molecule has 0 atom stereocenters. The standard InChI is InChI=1S/C16H25N3O2/c1-16(2,3)15(21)18-12-14(20)17-10-11-19(4)13-8-6-5-7-9-13/h5-9H,10-12H2,1-4H3,(H,17,20)(H,18,21). The summed E-state index contributed by atoms with van der Waals surface area (Å²) in [5.74, 6) is -0.298. The molecule has 0 unspecified atom stereocenters. The highest BCUT2D eigenvalue weighted by atomic mass is 16.2. The van der Waals surface area contributed by atoms with Crippen LogP contribution in [0.15, 0.2) is 30.3 Å². The Kier molecular flexibility index (Phi) is 6.21. The Morgan fingerprint density at radius 2 is 1.71 bits per heavy atom. The fraction of sp³-hybridized carbons (Fsp3) is 0.500. The summed E-state index contributed by atoms with van der Waals surface area (Å²) in [6.45, 7) is 6.71. The maximum absolute atomic E-state index is 11.6. The van der Waals surface area contributed by atoms with E-state index in [1.807, 2.05) is 58.2 Å². The first-order chi connectivity index (χ1) is 9.80. The first-order valence-corrected chi connectivity index (χ1v) is 7.12. The van der Waals surface area contributed by atoms with E-state index in [9.17, 15) is 9.59 Å². The molecule has 0 aliphatic heterocycles. The lowest BCUT2D eigenvalue weighted by molar-refractivity contribution is -0.131. The van der Waals surface area contributed by atoms with Crippen LogP contribution in [0.3, 0.4) is 0 Å². The molecule has 1 aromatic carbocycles. The summed E-state index contributed by atoms with van der Waals surface area (Å²) >= 11 is 0. The summed E-state index contributed by atoms with van der Waals surface area (Å²) in [6, 6.07) is 9.96. The van der Waals surface area contributed by atoms with Gasteiger partial charge < -0.3 is 15.5 Å². The van der Waals surface area contributed by atoms with Gasteiger partial charge in [-0.25, -0.2) is 0 Å². The van der Waals surface area contributed by atoms with Crippen LogP contribution in [0, 0.1) is 5.41 Å². The van der Waals surface area contributed by atoms with Gasteiger partial charge in [0.05, 0.1) is 6.54 Å². The third-order valence-corrected chi connectivity index (χ3v) is 3.06. The van der Waals surface area contributed by atoms with E-state index in [0.29, 0.717) is 13.1 Å². The number of anilines is 1. The van der Waals surface area contributed by atoms with E-state index in [1.165, 1.54) is 0 Å². The molecule has 1 rings (SSSR count). The molecule has 0 bridgehead atoms. The van der Waals surface area contributed by atoms with Gasteiger partial charge in [0.1, 0.15) is 0 Å². The van der Waals surface area contributed by atoms with Crippen LogP contribution in [0.2, 0.25) is 0 Å². The van der Waals surface area contributed by atoms with E-state index in [-0.39, 0.29) is 18.4 Å². The van der Waals surface area contributed by atoms with Crippen molar-refractivity contribution >= 4 is 17.5 Å². The number of para-hydroxylation sites is 1. The average molecular weight is 291 g/mol. The van der Waals surface area contributed by atoms with Crippen molar-refractivity contribution in [3.05, 3.63) is 30.3 Å². The van der Waals surface area contributed by atoms with E-state index in [2.05, 4.69) is 15.5 Å². The number of hydrogen-bond donors (Lipinski definition) is 2. The fourth-order valence-electron chi connectivity index (χ4n) is 1.66. The highest BCUT2D eigenvalue weighted by Crippen LogP contribution is 2.12. The molecule has 0 aliphatic carbocycles. The van der Waals surface area contributed by atoms with Gasteiger partial charge in [-0.15, -0.1) is 0 Å². The zero-order valence-electron chi connectivity index (χ0n) is 13.3. The molecule has 0 spiro atoms. The summed E-state index contributed by atoms with van der Waals surface area (Å²) in [6.07, 6.45) is 0. The van der Waals surface area contributed by atoms with Gasteiger partial charge in [-0.2, -0.15) is 0 Å². The molecule has 0 saturated heterocycles. The summed E-state index contributed by atoms with van der Waals surface area (Å²) in [7, 11) is 1.98. The third-order valence-electron chi connectivity index (χ3n) is 3.06. The minimum absolute atomic E-state index is 0.0190. The minimum Gasteiger partial charge on any atom is -0.373 e. The van der Waals surface area contributed by atoms with E-state index in [1.54, 1.807) is 0 Å². The number of carbonyl (C=O) groups is 2. The fourth-order valence-corrected chi connectivity index (χ4v) is 1.66. The molecule has 5 heteroatoms. The average Bonchev–Trinajstić information content (AvgIpc) is 2.44. The van der Waals surface area contributed by atoms with Crippen molar-refractivity contribution in [3.8, 4) is 0 Å². The molecule has 5 nitrogen and oxygen atoms in total. The largest absolute Gasteiger partial charge is 0.373 e. The van der Waals surface area contributed by atoms with Crippen LogP contribution in [0.1, 0.15) is 20.8 Å². The molecular formula is C16H25N3O2. The van der Waals surface area contributed by atoms with Crippen LogP contribution < -0.4 is 15.5 Å². The number of likely N-dealkylation sites (N-methyl/N-ethyl adjacent to an activating group) is 1. The number of rotatable bonds is 6. The first-order valence-electron chi connectivity index (χ1n) is 7.12. The number of benzene rings is 1. The lowest BCUT2D eigenvalue weighted by atomic mass is 9.96. The Labute approximate surface area is 126 Å². The predicted molar refractivity (Wildman–Crippen MR) is 85.2 cm³/mol. The zero-order chi connectivity index (χ0) is 15.9. The van der Waals surface area contributed by atoms with Crippen molar-refractivity contribution in [3.63, 3.8) is 0 Å². The molecule has 0 aromatic heterocycles. The van der Waals surface area contributed by atoms with E-state index < -0.39 is 5.41 Å². The summed E-state index contributed by atoms with van der Waals surface area (Å²) in [5, 5.41) is 5.42. The van der Waals surface area contributed by atoms with Crippen LogP contribution in [-0.4, -0.2) is 38.5 Å². The monoisotopic (exact) mass is 291 g/mol. The lowest BCUT2D eigenvalue weighted by Crippen LogP contribution is -2.43. The quantitative estimate of drug-likeness (QED) is 0.833. The van der Waals surface area contributed by atoms with Crippen LogP contribution in [0.5, 0.6) is 0 Å². The van der Waals surface area contributed by atoms with Gasteiger partial charge in [-0.1, -0.05) is 39.0 Å². The predicted octanol–water partition coefficient (Wildman–Crippen LogP) is 1.40. The van der Waals surface area contributed by atoms with E-state index >= 15 is 0 Å². The molecule has 116 valence electrons. The number of hydrogen-bond acceptors (Lipinski definition) is 3. The van der Waals surface area contributed by atoms with Gasteiger partial charge in [-0.3, -0.25) is 9.59 Å². The third kappa shape index (κ3) is 6.29. The molecule has 0 aliphatic rings. The van der Waals surface area contributed by atoms with Gasteiger partial charge in [0, 0.05) is 31.2 Å². The minimum atomic E-state index is -0.478. The van der Waals surface area contributed by atoms with Gasteiger partial charge in [-0.05, 0) is 12.1 Å². The number of nitrogens with one attached hydrogen (secondary N) is 2. The number of amides is 2. The van der Waals surface area contributed by atoms with Crippen LogP contribution in [-0.2, 0) is 9.59 Å². The SMILES string of the molecule is CN(CCNC(=O)CNC(=O)C(C)(C)C)c1ccccc1. The second kappa shape index (κ2) is 7.67. The lowest BCUT2D eigenvalue weighted by Gasteiger charge is -2.20. The van der Waals surface area contributed by atoms with Crippen LogP contribution >= 0.6 is 0 Å². The van der Waals surface area contributed by atoms with Crippen molar-refractivity contribution in [1.29, 1.82) is 0 Å². The Hall–Kier alpha value is -2.04. The Bertz CT molecular complexity index is 466. The zero-order valence-corrected chi connectivity index (χ0v) is 13.3. The molecule has 0 saturated carbocycles. The van der Waals surface area contributed by atoms with Crippen LogP contribution in [0.4, 0.5) is 5.69 Å². The summed E-state index contributed by atoms with van der Waals surface area (Å²) in [5.41, 5.74) is 0.626. The summed E-state index contributed by atoms with van der Waals surface area (Å²) < 4.78 is 0. The molecule has 2 N–H and O–H groups in total. The van der Waals surface area contributed by atoms with Crippen LogP contribution in [0.25, 0.3) is 0 Å². The Balaban J connectivity index is 2.24. The van der Waals surface area contributed by atoms with Gasteiger partial charge >= 0.3 is 0 Å². The number of nitrogens with zero attached hydrogens (tertiary/aromatic N) is 1. The maximum atomic E-state index is 11.6. The van der Waals surface area contributed by atoms with Gasteiger partial charge in [0.15, 0.2) is 0 Å². The maximum Gasteiger partial charge on any atom is 0.239 e. The van der Waals surface area contributed by atoms with Crippen molar-refractivity contribution in [1.82, 2.24) is 10.6 Å². The first kappa shape index (κ1) is 17.0. The Morgan fingerprint density at radius 1 is 1.10 bits per heavy atom. The molecule has 1 aromatic rings. The molecular weight excluding hydrogens is 266 g/mol. The molecule has 21 heavy (non-hydrogen) atoms. The Morgan fingerprint density at radius 3 is 2.29 bits per heavy atom. The van der Waals surface area contributed by atoms with Crippen molar-refractivity contribution in [2.24, 2.45) is 5.41 Å². The van der Waals surface area contributed by atoms with Gasteiger partial charge in [0.25, 0.3) is 0 Å². The molecule has 0 heterocycles.